The molecule has 112 valence electrons. The van der Waals surface area contributed by atoms with Crippen molar-refractivity contribution in [2.75, 3.05) is 5.32 Å². The predicted molar refractivity (Wildman–Crippen MR) is 87.2 cm³/mol. The van der Waals surface area contributed by atoms with Gasteiger partial charge in [-0.2, -0.15) is 5.10 Å². The third-order valence-electron chi connectivity index (χ3n) is 2.68. The van der Waals surface area contributed by atoms with Crippen LogP contribution in [-0.2, 0) is 6.54 Å². The molecule has 2 rings (SSSR count). The molecule has 0 spiro atoms. The van der Waals surface area contributed by atoms with Crippen molar-refractivity contribution in [3.63, 3.8) is 0 Å². The van der Waals surface area contributed by atoms with Crippen molar-refractivity contribution in [1.82, 2.24) is 15.1 Å². The largest absolute Gasteiger partial charge is 0.360 e. The van der Waals surface area contributed by atoms with Gasteiger partial charge in [-0.15, -0.1) is 0 Å². The van der Waals surface area contributed by atoms with Crippen molar-refractivity contribution in [2.45, 2.75) is 26.4 Å². The summed E-state index contributed by atoms with van der Waals surface area (Å²) in [4.78, 5) is 0. The topological polar surface area (TPSA) is 41.9 Å². The van der Waals surface area contributed by atoms with Crippen LogP contribution in [0.2, 0.25) is 5.02 Å². The number of benzene rings is 1. The lowest BCUT2D eigenvalue weighted by molar-refractivity contribution is 0.586. The van der Waals surface area contributed by atoms with Crippen LogP contribution in [0.4, 0.5) is 10.2 Å². The normalized spacial score (nSPS) is 10.7. The van der Waals surface area contributed by atoms with E-state index in [0.717, 1.165) is 0 Å². The number of rotatable bonds is 4. The van der Waals surface area contributed by atoms with Crippen LogP contribution < -0.4 is 10.6 Å². The number of nitrogens with zero attached hydrogens (tertiary/aromatic N) is 2. The number of aromatic nitrogens is 2. The van der Waals surface area contributed by atoms with Crippen molar-refractivity contribution in [3.8, 4) is 0 Å². The van der Waals surface area contributed by atoms with Crippen LogP contribution in [0.25, 0.3) is 0 Å². The Kier molecular flexibility index (Phi) is 5.14. The highest BCUT2D eigenvalue weighted by Gasteiger charge is 2.09. The number of thiocarbonyl (C=S) groups is 1. The molecule has 0 radical (unpaired) electrons. The molecule has 0 aliphatic carbocycles. The molecular formula is C14H16ClFN4S. The van der Waals surface area contributed by atoms with Gasteiger partial charge in [0.15, 0.2) is 10.9 Å². The van der Waals surface area contributed by atoms with E-state index >= 15 is 0 Å². The van der Waals surface area contributed by atoms with Gasteiger partial charge in [0.25, 0.3) is 0 Å². The van der Waals surface area contributed by atoms with Crippen LogP contribution in [0.5, 0.6) is 0 Å². The average molecular weight is 327 g/mol. The molecule has 0 atom stereocenters. The highest BCUT2D eigenvalue weighted by Crippen LogP contribution is 2.20. The molecule has 0 bridgehead atoms. The SMILES string of the molecule is CC(C)NC(=S)Nc1ccn(Cc2c(F)cccc2Cl)n1. The predicted octanol–water partition coefficient (Wildman–Crippen LogP) is 3.42. The summed E-state index contributed by atoms with van der Waals surface area (Å²) < 4.78 is 15.3. The van der Waals surface area contributed by atoms with Gasteiger partial charge in [0.2, 0.25) is 0 Å². The second-order valence-electron chi connectivity index (χ2n) is 4.85. The van der Waals surface area contributed by atoms with E-state index in [-0.39, 0.29) is 18.4 Å². The molecule has 1 aromatic heterocycles. The molecule has 2 N–H and O–H groups in total. The molecule has 0 fully saturated rings. The van der Waals surface area contributed by atoms with E-state index in [1.807, 2.05) is 13.8 Å². The lowest BCUT2D eigenvalue weighted by atomic mass is 10.2. The van der Waals surface area contributed by atoms with Gasteiger partial charge in [-0.05, 0) is 38.2 Å². The maximum atomic E-state index is 13.7. The molecule has 21 heavy (non-hydrogen) atoms. The van der Waals surface area contributed by atoms with E-state index in [0.29, 0.717) is 21.5 Å². The number of hydrogen-bond donors (Lipinski definition) is 2. The van der Waals surface area contributed by atoms with Crippen LogP contribution in [0.15, 0.2) is 30.5 Å². The van der Waals surface area contributed by atoms with Gasteiger partial charge in [-0.3, -0.25) is 4.68 Å². The third-order valence-corrected chi connectivity index (χ3v) is 3.26. The maximum absolute atomic E-state index is 13.7. The quantitative estimate of drug-likeness (QED) is 0.845. The first kappa shape index (κ1) is 15.7. The Hall–Kier alpha value is -1.66. The fourth-order valence-corrected chi connectivity index (χ4v) is 2.34. The summed E-state index contributed by atoms with van der Waals surface area (Å²) in [5, 5.41) is 11.2. The number of halogens is 2. The van der Waals surface area contributed by atoms with E-state index in [9.17, 15) is 4.39 Å². The second-order valence-corrected chi connectivity index (χ2v) is 5.67. The Morgan fingerprint density at radius 1 is 1.43 bits per heavy atom. The Morgan fingerprint density at radius 2 is 2.19 bits per heavy atom. The summed E-state index contributed by atoms with van der Waals surface area (Å²) in [6.07, 6.45) is 1.74. The third kappa shape index (κ3) is 4.41. The van der Waals surface area contributed by atoms with Crippen molar-refractivity contribution in [2.24, 2.45) is 0 Å². The fraction of sp³-hybridized carbons (Fsp3) is 0.286. The minimum absolute atomic E-state index is 0.240. The monoisotopic (exact) mass is 326 g/mol. The van der Waals surface area contributed by atoms with Crippen molar-refractivity contribution < 1.29 is 4.39 Å². The van der Waals surface area contributed by atoms with Crippen molar-refractivity contribution in [1.29, 1.82) is 0 Å². The fourth-order valence-electron chi connectivity index (χ4n) is 1.78. The molecule has 4 nitrogen and oxygen atoms in total. The first-order valence-electron chi connectivity index (χ1n) is 6.49. The Balaban J connectivity index is 2.05. The lowest BCUT2D eigenvalue weighted by Gasteiger charge is -2.11. The molecule has 7 heteroatoms. The summed E-state index contributed by atoms with van der Waals surface area (Å²) in [5.74, 6) is 0.255. The van der Waals surface area contributed by atoms with Gasteiger partial charge in [-0.1, -0.05) is 17.7 Å². The van der Waals surface area contributed by atoms with E-state index in [1.54, 1.807) is 29.1 Å². The van der Waals surface area contributed by atoms with Gasteiger partial charge in [0.1, 0.15) is 5.82 Å². The van der Waals surface area contributed by atoms with Gasteiger partial charge < -0.3 is 10.6 Å². The zero-order valence-corrected chi connectivity index (χ0v) is 13.3. The maximum Gasteiger partial charge on any atom is 0.172 e. The zero-order valence-electron chi connectivity index (χ0n) is 11.7. The number of hydrogen-bond acceptors (Lipinski definition) is 2. The summed E-state index contributed by atoms with van der Waals surface area (Å²) in [5.41, 5.74) is 0.414. The van der Waals surface area contributed by atoms with E-state index in [2.05, 4.69) is 15.7 Å². The summed E-state index contributed by atoms with van der Waals surface area (Å²) in [7, 11) is 0. The molecule has 0 amide bonds. The molecule has 0 unspecified atom stereocenters. The second kappa shape index (κ2) is 6.87. The summed E-state index contributed by atoms with van der Waals surface area (Å²) >= 11 is 11.1. The van der Waals surface area contributed by atoms with E-state index < -0.39 is 0 Å². The van der Waals surface area contributed by atoms with Gasteiger partial charge in [0.05, 0.1) is 6.54 Å². The van der Waals surface area contributed by atoms with Gasteiger partial charge in [0, 0.05) is 28.9 Å². The van der Waals surface area contributed by atoms with E-state index in [4.69, 9.17) is 23.8 Å². The molecule has 0 saturated heterocycles. The Morgan fingerprint density at radius 3 is 2.86 bits per heavy atom. The van der Waals surface area contributed by atoms with Crippen LogP contribution in [0.1, 0.15) is 19.4 Å². The zero-order chi connectivity index (χ0) is 15.4. The number of anilines is 1. The molecule has 0 aliphatic rings. The van der Waals surface area contributed by atoms with Crippen molar-refractivity contribution in [3.05, 3.63) is 46.9 Å². The summed E-state index contributed by atoms with van der Waals surface area (Å²) in [6.45, 7) is 4.25. The number of nitrogens with one attached hydrogen (secondary N) is 2. The van der Waals surface area contributed by atoms with Crippen LogP contribution in [0, 0.1) is 5.82 Å². The van der Waals surface area contributed by atoms with Crippen LogP contribution >= 0.6 is 23.8 Å². The molecule has 0 aliphatic heterocycles. The Labute approximate surface area is 133 Å². The molecule has 1 aromatic carbocycles. The van der Waals surface area contributed by atoms with Gasteiger partial charge in [-0.25, -0.2) is 4.39 Å². The average Bonchev–Trinajstić information content (AvgIpc) is 2.80. The minimum atomic E-state index is -0.343. The standard InChI is InChI=1S/C14H16ClFN4S/c1-9(2)17-14(21)18-13-6-7-20(19-13)8-10-11(15)4-3-5-12(10)16/h3-7,9H,8H2,1-2H3,(H2,17,18,19,21). The first-order chi connectivity index (χ1) is 9.95. The molecular weight excluding hydrogens is 311 g/mol. The molecule has 1 heterocycles. The minimum Gasteiger partial charge on any atom is -0.360 e. The summed E-state index contributed by atoms with van der Waals surface area (Å²) in [6, 6.07) is 6.62. The van der Waals surface area contributed by atoms with Crippen molar-refractivity contribution >= 4 is 34.7 Å². The first-order valence-corrected chi connectivity index (χ1v) is 7.28. The molecule has 2 aromatic rings. The van der Waals surface area contributed by atoms with Crippen LogP contribution in [-0.4, -0.2) is 20.9 Å². The van der Waals surface area contributed by atoms with Crippen LogP contribution in [0.3, 0.4) is 0 Å². The van der Waals surface area contributed by atoms with E-state index in [1.165, 1.54) is 6.07 Å². The Bertz CT molecular complexity index is 621. The highest BCUT2D eigenvalue weighted by atomic mass is 35.5. The smallest absolute Gasteiger partial charge is 0.172 e. The van der Waals surface area contributed by atoms with Gasteiger partial charge >= 0.3 is 0 Å². The highest BCUT2D eigenvalue weighted by molar-refractivity contribution is 7.80. The molecule has 0 saturated carbocycles. The lowest BCUT2D eigenvalue weighted by Crippen LogP contribution is -2.34.